The van der Waals surface area contributed by atoms with Gasteiger partial charge in [-0.25, -0.2) is 9.78 Å². The Morgan fingerprint density at radius 3 is 2.47 bits per heavy atom. The molecule has 3 heterocycles. The maximum Gasteiger partial charge on any atom is 0.319 e. The molecule has 0 aliphatic carbocycles. The van der Waals surface area contributed by atoms with E-state index in [1.54, 1.807) is 34.6 Å². The first-order chi connectivity index (χ1) is 17.5. The summed E-state index contributed by atoms with van der Waals surface area (Å²) in [6.07, 6.45) is 5.36. The van der Waals surface area contributed by atoms with Crippen LogP contribution < -0.4 is 21.7 Å². The first kappa shape index (κ1) is 23.1. The Kier molecular flexibility index (Phi) is 6.33. The molecular formula is C26H23N7O2S. The van der Waals surface area contributed by atoms with Crippen LogP contribution in [0, 0.1) is 0 Å². The second kappa shape index (κ2) is 9.88. The van der Waals surface area contributed by atoms with Crippen molar-refractivity contribution >= 4 is 50.6 Å². The first-order valence-corrected chi connectivity index (χ1v) is 12.0. The fourth-order valence-electron chi connectivity index (χ4n) is 3.78. The van der Waals surface area contributed by atoms with Crippen LogP contribution in [0.1, 0.15) is 15.9 Å². The van der Waals surface area contributed by atoms with E-state index in [0.717, 1.165) is 27.1 Å². The fourth-order valence-corrected chi connectivity index (χ4v) is 4.87. The molecule has 180 valence electrons. The number of hydrogen-bond acceptors (Lipinski definition) is 6. The van der Waals surface area contributed by atoms with Gasteiger partial charge >= 0.3 is 6.03 Å². The van der Waals surface area contributed by atoms with Gasteiger partial charge in [0, 0.05) is 64.0 Å². The Balaban J connectivity index is 1.26. The number of fused-ring (bicyclic) bond motifs is 1. The van der Waals surface area contributed by atoms with Crippen LogP contribution in [0.4, 0.5) is 22.0 Å². The third-order valence-electron chi connectivity index (χ3n) is 5.58. The molecule has 0 bridgehead atoms. The summed E-state index contributed by atoms with van der Waals surface area (Å²) >= 11 is 1.45. The molecule has 0 atom stereocenters. The number of benzene rings is 2. The molecule has 9 nitrogen and oxygen atoms in total. The monoisotopic (exact) mass is 497 g/mol. The molecular weight excluding hydrogens is 474 g/mol. The van der Waals surface area contributed by atoms with Gasteiger partial charge < -0.3 is 21.7 Å². The number of urea groups is 1. The molecule has 2 aromatic carbocycles. The number of pyridine rings is 1. The maximum absolute atomic E-state index is 13.1. The molecule has 0 aliphatic rings. The summed E-state index contributed by atoms with van der Waals surface area (Å²) in [6.45, 7) is 0.349. The summed E-state index contributed by atoms with van der Waals surface area (Å²) in [4.78, 5) is 29.5. The molecule has 5 aromatic rings. The molecule has 0 aliphatic heterocycles. The molecule has 0 unspecified atom stereocenters. The lowest BCUT2D eigenvalue weighted by Crippen LogP contribution is -2.28. The van der Waals surface area contributed by atoms with Crippen LogP contribution in [0.25, 0.3) is 21.2 Å². The number of nitrogens with one attached hydrogen (secondary N) is 3. The largest absolute Gasteiger partial charge is 0.383 e. The molecule has 3 amide bonds. The second-order valence-electron chi connectivity index (χ2n) is 8.14. The molecule has 0 spiro atoms. The lowest BCUT2D eigenvalue weighted by molar-refractivity contribution is 0.102. The van der Waals surface area contributed by atoms with Gasteiger partial charge in [0.25, 0.3) is 5.91 Å². The molecule has 5 N–H and O–H groups in total. The third-order valence-corrected chi connectivity index (χ3v) is 6.59. The quantitative estimate of drug-likeness (QED) is 0.267. The van der Waals surface area contributed by atoms with Crippen LogP contribution in [0.2, 0.25) is 0 Å². The van der Waals surface area contributed by atoms with E-state index in [2.05, 4.69) is 26.0 Å². The SMILES string of the molecule is Cn1cc(-c2cnc(N)c3c(C(=O)Nc4ccc(CNC(=O)Nc5ccccc5)cc4)csc23)cn1. The number of amides is 3. The smallest absolute Gasteiger partial charge is 0.319 e. The summed E-state index contributed by atoms with van der Waals surface area (Å²) < 4.78 is 2.60. The van der Waals surface area contributed by atoms with Crippen molar-refractivity contribution in [3.63, 3.8) is 0 Å². The molecule has 0 radical (unpaired) electrons. The zero-order valence-electron chi connectivity index (χ0n) is 19.4. The average molecular weight is 498 g/mol. The summed E-state index contributed by atoms with van der Waals surface area (Å²) in [6, 6.07) is 16.2. The number of hydrogen-bond donors (Lipinski definition) is 4. The Bertz CT molecular complexity index is 1540. The summed E-state index contributed by atoms with van der Waals surface area (Å²) in [5.41, 5.74) is 10.7. The standard InChI is InChI=1S/C26H23N7O2S/c1-33-14-17(12-30-33)20-13-28-24(27)22-21(15-36-23(20)22)25(34)31-19-9-7-16(8-10-19)11-29-26(35)32-18-5-3-2-4-6-18/h2-10,12-15H,11H2,1H3,(H2,27,28)(H,31,34)(H2,29,32,35). The van der Waals surface area contributed by atoms with Gasteiger partial charge in [-0.2, -0.15) is 5.10 Å². The topological polar surface area (TPSA) is 127 Å². The lowest BCUT2D eigenvalue weighted by Gasteiger charge is -2.09. The van der Waals surface area contributed by atoms with E-state index in [4.69, 9.17) is 5.73 Å². The van der Waals surface area contributed by atoms with Crippen molar-refractivity contribution in [2.24, 2.45) is 7.05 Å². The van der Waals surface area contributed by atoms with E-state index in [1.807, 2.05) is 55.7 Å². The van der Waals surface area contributed by atoms with Crippen molar-refractivity contribution in [3.8, 4) is 11.1 Å². The molecule has 36 heavy (non-hydrogen) atoms. The molecule has 0 fully saturated rings. The molecule has 10 heteroatoms. The highest BCUT2D eigenvalue weighted by Crippen LogP contribution is 2.37. The van der Waals surface area contributed by atoms with Crippen molar-refractivity contribution in [3.05, 3.63) is 89.7 Å². The Hall–Kier alpha value is -4.70. The highest BCUT2D eigenvalue weighted by atomic mass is 32.1. The number of nitrogens with two attached hydrogens (primary N) is 1. The number of anilines is 3. The second-order valence-corrected chi connectivity index (χ2v) is 9.02. The van der Waals surface area contributed by atoms with Gasteiger partial charge in [-0.15, -0.1) is 11.3 Å². The number of para-hydroxylation sites is 1. The zero-order valence-corrected chi connectivity index (χ0v) is 20.2. The number of thiophene rings is 1. The van der Waals surface area contributed by atoms with E-state index in [-0.39, 0.29) is 11.9 Å². The van der Waals surface area contributed by atoms with Crippen LogP contribution in [0.3, 0.4) is 0 Å². The number of carbonyl (C=O) groups excluding carboxylic acids is 2. The van der Waals surface area contributed by atoms with Crippen molar-refractivity contribution in [2.75, 3.05) is 16.4 Å². The molecule has 5 rings (SSSR count). The number of aryl methyl sites for hydroxylation is 1. The van der Waals surface area contributed by atoms with E-state index in [9.17, 15) is 9.59 Å². The minimum atomic E-state index is -0.292. The number of nitrogens with zero attached hydrogens (tertiary/aromatic N) is 3. The number of aromatic nitrogens is 3. The van der Waals surface area contributed by atoms with Crippen LogP contribution in [0.15, 0.2) is 78.6 Å². The van der Waals surface area contributed by atoms with E-state index in [1.165, 1.54) is 11.3 Å². The Labute approximate surface area is 211 Å². The molecule has 0 saturated heterocycles. The van der Waals surface area contributed by atoms with Crippen molar-refractivity contribution in [2.45, 2.75) is 6.54 Å². The first-order valence-electron chi connectivity index (χ1n) is 11.1. The van der Waals surface area contributed by atoms with Crippen LogP contribution in [0.5, 0.6) is 0 Å². The van der Waals surface area contributed by atoms with Gasteiger partial charge in [0.1, 0.15) is 5.82 Å². The number of rotatable bonds is 6. The van der Waals surface area contributed by atoms with Crippen molar-refractivity contribution in [1.29, 1.82) is 0 Å². The van der Waals surface area contributed by atoms with E-state index in [0.29, 0.717) is 29.0 Å². The molecule has 0 saturated carbocycles. The highest BCUT2D eigenvalue weighted by Gasteiger charge is 2.19. The van der Waals surface area contributed by atoms with Gasteiger partial charge in [-0.3, -0.25) is 9.48 Å². The zero-order chi connectivity index (χ0) is 25.1. The highest BCUT2D eigenvalue weighted by molar-refractivity contribution is 7.18. The van der Waals surface area contributed by atoms with Gasteiger partial charge in [0.15, 0.2) is 0 Å². The Morgan fingerprint density at radius 1 is 1.00 bits per heavy atom. The van der Waals surface area contributed by atoms with Crippen molar-refractivity contribution in [1.82, 2.24) is 20.1 Å². The van der Waals surface area contributed by atoms with Gasteiger partial charge in [-0.1, -0.05) is 30.3 Å². The van der Waals surface area contributed by atoms with Crippen LogP contribution in [-0.4, -0.2) is 26.7 Å². The predicted octanol–water partition coefficient (Wildman–Crippen LogP) is 4.85. The van der Waals surface area contributed by atoms with Gasteiger partial charge in [0.05, 0.1) is 11.8 Å². The van der Waals surface area contributed by atoms with Crippen LogP contribution >= 0.6 is 11.3 Å². The summed E-state index contributed by atoms with van der Waals surface area (Å²) in [5.74, 6) is 0.0328. The van der Waals surface area contributed by atoms with Gasteiger partial charge in [-0.05, 0) is 29.8 Å². The Morgan fingerprint density at radius 2 is 1.75 bits per heavy atom. The van der Waals surface area contributed by atoms with Crippen LogP contribution in [-0.2, 0) is 13.6 Å². The maximum atomic E-state index is 13.1. The van der Waals surface area contributed by atoms with Crippen molar-refractivity contribution < 1.29 is 9.59 Å². The minimum Gasteiger partial charge on any atom is -0.383 e. The van der Waals surface area contributed by atoms with Gasteiger partial charge in [0.2, 0.25) is 0 Å². The predicted molar refractivity (Wildman–Crippen MR) is 143 cm³/mol. The average Bonchev–Trinajstić information content (AvgIpc) is 3.52. The number of nitrogen functional groups attached to an aromatic ring is 1. The fraction of sp³-hybridized carbons (Fsp3) is 0.0769. The number of carbonyl (C=O) groups is 2. The summed E-state index contributed by atoms with van der Waals surface area (Å²) in [5, 5.41) is 15.2. The normalized spacial score (nSPS) is 10.8. The molecule has 3 aromatic heterocycles. The minimum absolute atomic E-state index is 0.272. The third kappa shape index (κ3) is 4.89. The van der Waals surface area contributed by atoms with E-state index < -0.39 is 0 Å². The summed E-state index contributed by atoms with van der Waals surface area (Å²) in [7, 11) is 1.85. The van der Waals surface area contributed by atoms with E-state index >= 15 is 0 Å². The lowest BCUT2D eigenvalue weighted by atomic mass is 10.1.